The van der Waals surface area contributed by atoms with Crippen molar-refractivity contribution < 1.29 is 4.39 Å². The molecule has 8 nitrogen and oxygen atoms in total. The number of halogens is 1. The van der Waals surface area contributed by atoms with Crippen molar-refractivity contribution in [2.24, 2.45) is 11.1 Å². The monoisotopic (exact) mass is 497 g/mol. The minimum Gasteiger partial charge on any atom is -0.342 e. The first-order valence-corrected chi connectivity index (χ1v) is 12.9. The van der Waals surface area contributed by atoms with Crippen molar-refractivity contribution in [3.63, 3.8) is 0 Å². The number of hydrogen-bond donors (Lipinski definition) is 3. The molecule has 2 aliphatic carbocycles. The number of pyridine rings is 1. The summed E-state index contributed by atoms with van der Waals surface area (Å²) in [5.41, 5.74) is 12.4. The van der Waals surface area contributed by atoms with Crippen molar-refractivity contribution in [2.45, 2.75) is 45.1 Å². The van der Waals surface area contributed by atoms with Crippen LogP contribution in [0.2, 0.25) is 0 Å². The van der Waals surface area contributed by atoms with Crippen LogP contribution in [0, 0.1) is 12.3 Å². The van der Waals surface area contributed by atoms with Crippen molar-refractivity contribution in [3.05, 3.63) is 86.4 Å². The van der Waals surface area contributed by atoms with Crippen LogP contribution < -0.4 is 16.2 Å². The van der Waals surface area contributed by atoms with Crippen molar-refractivity contribution in [1.82, 2.24) is 25.1 Å². The minimum absolute atomic E-state index is 0.0234. The summed E-state index contributed by atoms with van der Waals surface area (Å²) in [6.07, 6.45) is 3.58. The first kappa shape index (κ1) is 22.4. The van der Waals surface area contributed by atoms with Crippen LogP contribution in [0.4, 0.5) is 10.3 Å². The van der Waals surface area contributed by atoms with Gasteiger partial charge in [-0.25, -0.2) is 4.39 Å². The number of aromatic amines is 2. The van der Waals surface area contributed by atoms with Gasteiger partial charge in [0, 0.05) is 48.1 Å². The van der Waals surface area contributed by atoms with Gasteiger partial charge in [0.2, 0.25) is 5.95 Å². The van der Waals surface area contributed by atoms with Crippen molar-refractivity contribution in [3.8, 4) is 0 Å². The van der Waals surface area contributed by atoms with Crippen LogP contribution in [0.25, 0.3) is 16.6 Å². The number of nitrogens with zero attached hydrogens (tertiary/aromatic N) is 4. The van der Waals surface area contributed by atoms with Crippen LogP contribution in [0.3, 0.4) is 0 Å². The number of aromatic nitrogens is 5. The molecule has 4 heterocycles. The highest BCUT2D eigenvalue weighted by Crippen LogP contribution is 2.50. The molecule has 0 bridgehead atoms. The fourth-order valence-corrected chi connectivity index (χ4v) is 6.51. The molecule has 1 atom stereocenters. The molecule has 0 radical (unpaired) electrons. The van der Waals surface area contributed by atoms with E-state index in [1.165, 1.54) is 11.1 Å². The molecule has 1 spiro atoms. The van der Waals surface area contributed by atoms with Gasteiger partial charge in [0.15, 0.2) is 5.65 Å². The fourth-order valence-electron chi connectivity index (χ4n) is 6.51. The second-order valence-corrected chi connectivity index (χ2v) is 10.6. The molecule has 7 rings (SSSR count). The van der Waals surface area contributed by atoms with Crippen LogP contribution in [0.15, 0.2) is 47.0 Å². The number of aryl methyl sites for hydroxylation is 2. The Morgan fingerprint density at radius 2 is 1.92 bits per heavy atom. The Bertz CT molecular complexity index is 1640. The van der Waals surface area contributed by atoms with E-state index in [0.717, 1.165) is 43.7 Å². The first-order chi connectivity index (χ1) is 17.9. The molecule has 0 unspecified atom stereocenters. The zero-order chi connectivity index (χ0) is 25.3. The number of nitrogens with two attached hydrogens (primary N) is 1. The standard InChI is InChI=1S/C28H28FN7O/c1-15-6-7-18-20(31-15)9-8-19(29)21(18)23-22-25(35-34-23)32-27(33-26(22)37)36-12-10-28(11-13-36)14-16-4-2-3-5-17(16)24(28)30/h2-7,24H,8-14,30H2,1H3,(H2,32,33,34,35,37)/t24-/m1/s1. The fraction of sp³-hybridized carbons (Fsp3) is 0.357. The molecule has 1 fully saturated rings. The van der Waals surface area contributed by atoms with Gasteiger partial charge in [-0.2, -0.15) is 10.1 Å². The van der Waals surface area contributed by atoms with Crippen LogP contribution in [0.1, 0.15) is 59.1 Å². The van der Waals surface area contributed by atoms with Crippen LogP contribution in [0.5, 0.6) is 0 Å². The molecule has 4 aromatic rings. The maximum atomic E-state index is 15.1. The van der Waals surface area contributed by atoms with Crippen LogP contribution >= 0.6 is 0 Å². The Hall–Kier alpha value is -3.85. The zero-order valence-corrected chi connectivity index (χ0v) is 20.6. The number of rotatable bonds is 2. The van der Waals surface area contributed by atoms with E-state index in [4.69, 9.17) is 10.7 Å². The largest absolute Gasteiger partial charge is 0.342 e. The van der Waals surface area contributed by atoms with E-state index in [1.54, 1.807) is 0 Å². The molecule has 188 valence electrons. The maximum Gasteiger partial charge on any atom is 0.264 e. The Morgan fingerprint density at radius 1 is 1.11 bits per heavy atom. The van der Waals surface area contributed by atoms with E-state index < -0.39 is 0 Å². The third-order valence-corrected chi connectivity index (χ3v) is 8.54. The summed E-state index contributed by atoms with van der Waals surface area (Å²) in [7, 11) is 0. The van der Waals surface area contributed by atoms with Gasteiger partial charge >= 0.3 is 0 Å². The van der Waals surface area contributed by atoms with Gasteiger partial charge in [-0.05, 0) is 55.2 Å². The lowest BCUT2D eigenvalue weighted by molar-refractivity contribution is 0.187. The molecule has 0 saturated carbocycles. The molecular formula is C28H28FN7O. The number of H-pyrrole nitrogens is 2. The summed E-state index contributed by atoms with van der Waals surface area (Å²) >= 11 is 0. The van der Waals surface area contributed by atoms with E-state index in [1.807, 2.05) is 19.1 Å². The van der Waals surface area contributed by atoms with Gasteiger partial charge in [-0.15, -0.1) is 0 Å². The highest BCUT2D eigenvalue weighted by atomic mass is 19.1. The van der Waals surface area contributed by atoms with E-state index in [2.05, 4.69) is 49.3 Å². The third-order valence-electron chi connectivity index (χ3n) is 8.54. The zero-order valence-electron chi connectivity index (χ0n) is 20.6. The molecule has 0 amide bonds. The van der Waals surface area contributed by atoms with E-state index in [0.29, 0.717) is 29.2 Å². The summed E-state index contributed by atoms with van der Waals surface area (Å²) in [6.45, 7) is 3.40. The van der Waals surface area contributed by atoms with Gasteiger partial charge < -0.3 is 10.6 Å². The number of piperidine rings is 1. The molecule has 37 heavy (non-hydrogen) atoms. The Balaban J connectivity index is 1.20. The van der Waals surface area contributed by atoms with E-state index in [9.17, 15) is 4.79 Å². The molecule has 4 N–H and O–H groups in total. The molecule has 1 aromatic carbocycles. The highest BCUT2D eigenvalue weighted by Gasteiger charge is 2.46. The Labute approximate surface area is 212 Å². The lowest BCUT2D eigenvalue weighted by Gasteiger charge is -2.42. The van der Waals surface area contributed by atoms with Crippen molar-refractivity contribution >= 4 is 22.6 Å². The van der Waals surface area contributed by atoms with Crippen LogP contribution in [-0.4, -0.2) is 38.2 Å². The summed E-state index contributed by atoms with van der Waals surface area (Å²) in [4.78, 5) is 27.7. The van der Waals surface area contributed by atoms with Gasteiger partial charge in [0.25, 0.3) is 5.56 Å². The highest BCUT2D eigenvalue weighted by molar-refractivity contribution is 5.94. The molecular weight excluding hydrogens is 469 g/mol. The smallest absolute Gasteiger partial charge is 0.264 e. The second-order valence-electron chi connectivity index (χ2n) is 10.6. The first-order valence-electron chi connectivity index (χ1n) is 12.9. The van der Waals surface area contributed by atoms with Gasteiger partial charge in [0.1, 0.15) is 16.9 Å². The van der Waals surface area contributed by atoms with E-state index >= 15 is 4.39 Å². The summed E-state index contributed by atoms with van der Waals surface area (Å²) in [5, 5.41) is 7.52. The Kier molecular flexibility index (Phi) is 4.88. The lowest BCUT2D eigenvalue weighted by atomic mass is 9.73. The molecule has 1 saturated heterocycles. The maximum absolute atomic E-state index is 15.1. The number of fused-ring (bicyclic) bond motifs is 3. The number of hydrogen-bond acceptors (Lipinski definition) is 6. The third kappa shape index (κ3) is 3.37. The minimum atomic E-state index is -0.332. The number of anilines is 1. The number of benzene rings is 1. The predicted octanol–water partition coefficient (Wildman–Crippen LogP) is 3.87. The number of allylic oxidation sites excluding steroid dienone is 1. The van der Waals surface area contributed by atoms with Gasteiger partial charge in [-0.1, -0.05) is 30.3 Å². The topological polar surface area (TPSA) is 117 Å². The second kappa shape index (κ2) is 8.08. The van der Waals surface area contributed by atoms with Crippen LogP contribution in [-0.2, 0) is 12.8 Å². The molecule has 9 heteroatoms. The molecule has 3 aromatic heterocycles. The van der Waals surface area contributed by atoms with Gasteiger partial charge in [0.05, 0.1) is 0 Å². The Morgan fingerprint density at radius 3 is 2.73 bits per heavy atom. The molecule has 3 aliphatic rings. The quantitative estimate of drug-likeness (QED) is 0.387. The summed E-state index contributed by atoms with van der Waals surface area (Å²) in [6, 6.07) is 12.2. The normalized spacial score (nSPS) is 20.5. The van der Waals surface area contributed by atoms with Crippen molar-refractivity contribution in [1.29, 1.82) is 0 Å². The number of nitrogens with one attached hydrogen (secondary N) is 2. The summed E-state index contributed by atoms with van der Waals surface area (Å²) < 4.78 is 15.1. The SMILES string of the molecule is Cc1ccc2c(n1)CCC(F)=C2c1n[nH]c2nc(N3CCC4(CC3)Cc3ccccc3[C@H]4N)[nH]c(=O)c12. The summed E-state index contributed by atoms with van der Waals surface area (Å²) in [5.74, 6) is 0.215. The molecule has 1 aliphatic heterocycles. The average molecular weight is 498 g/mol. The lowest BCUT2D eigenvalue weighted by Crippen LogP contribution is -2.45. The van der Waals surface area contributed by atoms with Crippen molar-refractivity contribution in [2.75, 3.05) is 18.0 Å². The van der Waals surface area contributed by atoms with Gasteiger partial charge in [-0.3, -0.25) is 19.9 Å². The average Bonchev–Trinajstić information content (AvgIpc) is 3.44. The predicted molar refractivity (Wildman–Crippen MR) is 140 cm³/mol. The van der Waals surface area contributed by atoms with E-state index in [-0.39, 0.29) is 40.3 Å².